The van der Waals surface area contributed by atoms with Crippen molar-refractivity contribution in [2.45, 2.75) is 13.0 Å². The first-order chi connectivity index (χ1) is 9.16. The van der Waals surface area contributed by atoms with E-state index in [9.17, 15) is 14.5 Å². The molecule has 5 heteroatoms. The maximum absolute atomic E-state index is 13.9. The Morgan fingerprint density at radius 3 is 2.74 bits per heavy atom. The number of para-hydroxylation sites is 1. The van der Waals surface area contributed by atoms with E-state index in [2.05, 4.69) is 5.32 Å². The third-order valence-electron chi connectivity index (χ3n) is 3.39. The van der Waals surface area contributed by atoms with Crippen LogP contribution in [0.5, 0.6) is 0 Å². The lowest BCUT2D eigenvalue weighted by molar-refractivity contribution is -0.385. The zero-order chi connectivity index (χ0) is 13.4. The average Bonchev–Trinajstić information content (AvgIpc) is 2.58. The highest BCUT2D eigenvalue weighted by Crippen LogP contribution is 2.32. The van der Waals surface area contributed by atoms with Crippen LogP contribution in [0.4, 0.5) is 15.8 Å². The molecular formula is C14H11FN2O2. The molecule has 19 heavy (non-hydrogen) atoms. The molecule has 0 bridgehead atoms. The predicted molar refractivity (Wildman–Crippen MR) is 69.6 cm³/mol. The van der Waals surface area contributed by atoms with Gasteiger partial charge in [-0.15, -0.1) is 0 Å². The van der Waals surface area contributed by atoms with Crippen LogP contribution in [-0.4, -0.2) is 4.92 Å². The second-order valence-electron chi connectivity index (χ2n) is 4.47. The van der Waals surface area contributed by atoms with Crippen LogP contribution in [0.15, 0.2) is 36.4 Å². The Morgan fingerprint density at radius 1 is 1.16 bits per heavy atom. The minimum atomic E-state index is -0.452. The van der Waals surface area contributed by atoms with E-state index >= 15 is 0 Å². The van der Waals surface area contributed by atoms with E-state index in [1.54, 1.807) is 0 Å². The summed E-state index contributed by atoms with van der Waals surface area (Å²) in [5.74, 6) is -0.402. The zero-order valence-corrected chi connectivity index (χ0v) is 10.0. The first-order valence-corrected chi connectivity index (χ1v) is 5.93. The molecule has 1 aliphatic heterocycles. The molecule has 1 aliphatic rings. The summed E-state index contributed by atoms with van der Waals surface area (Å²) in [7, 11) is 0. The van der Waals surface area contributed by atoms with Crippen molar-refractivity contribution >= 4 is 11.4 Å². The maximum atomic E-state index is 13.9. The predicted octanol–water partition coefficient (Wildman–Crippen LogP) is 3.25. The summed E-state index contributed by atoms with van der Waals surface area (Å²) in [6.45, 7) is 0.264. The highest BCUT2D eigenvalue weighted by atomic mass is 19.1. The first-order valence-electron chi connectivity index (χ1n) is 5.93. The molecule has 0 atom stereocenters. The van der Waals surface area contributed by atoms with E-state index in [0.717, 1.165) is 17.3 Å². The van der Waals surface area contributed by atoms with Crippen molar-refractivity contribution in [3.8, 4) is 0 Å². The molecular weight excluding hydrogens is 247 g/mol. The highest BCUT2D eigenvalue weighted by Gasteiger charge is 2.24. The second kappa shape index (κ2) is 4.35. The Kier molecular flexibility index (Phi) is 2.67. The van der Waals surface area contributed by atoms with Crippen LogP contribution in [0.25, 0.3) is 0 Å². The fourth-order valence-corrected chi connectivity index (χ4v) is 2.43. The molecule has 2 aromatic carbocycles. The van der Waals surface area contributed by atoms with Gasteiger partial charge in [-0.25, -0.2) is 4.39 Å². The van der Waals surface area contributed by atoms with Gasteiger partial charge in [0, 0.05) is 35.8 Å². The lowest BCUT2D eigenvalue weighted by atomic mass is 9.98. The number of halogens is 1. The summed E-state index contributed by atoms with van der Waals surface area (Å²) in [5.41, 5.74) is 2.66. The van der Waals surface area contributed by atoms with E-state index in [0.29, 0.717) is 17.5 Å². The second-order valence-corrected chi connectivity index (χ2v) is 4.47. The monoisotopic (exact) mass is 258 g/mol. The molecule has 96 valence electrons. The van der Waals surface area contributed by atoms with E-state index in [-0.39, 0.29) is 12.2 Å². The number of hydrogen-bond acceptors (Lipinski definition) is 3. The summed E-state index contributed by atoms with van der Waals surface area (Å²) in [4.78, 5) is 10.6. The van der Waals surface area contributed by atoms with Gasteiger partial charge in [-0.2, -0.15) is 0 Å². The average molecular weight is 258 g/mol. The first kappa shape index (κ1) is 11.6. The topological polar surface area (TPSA) is 55.2 Å². The summed E-state index contributed by atoms with van der Waals surface area (Å²) in [5, 5.41) is 14.2. The van der Waals surface area contributed by atoms with E-state index < -0.39 is 10.7 Å². The SMILES string of the molecule is O=[N+]([O-])c1ccc(F)c2c1Cc1ccccc1NC2. The van der Waals surface area contributed by atoms with Crippen molar-refractivity contribution in [2.75, 3.05) is 5.32 Å². The molecule has 0 aromatic heterocycles. The Labute approximate surface area is 109 Å². The molecule has 0 aliphatic carbocycles. The van der Waals surface area contributed by atoms with Gasteiger partial charge in [-0.3, -0.25) is 10.1 Å². The fraction of sp³-hybridized carbons (Fsp3) is 0.143. The van der Waals surface area contributed by atoms with Crippen molar-refractivity contribution in [2.24, 2.45) is 0 Å². The Bertz CT molecular complexity index is 670. The number of nitrogens with one attached hydrogen (secondary N) is 1. The van der Waals surface area contributed by atoms with Crippen LogP contribution in [0.1, 0.15) is 16.7 Å². The van der Waals surface area contributed by atoms with Crippen molar-refractivity contribution < 1.29 is 9.31 Å². The largest absolute Gasteiger partial charge is 0.381 e. The number of benzene rings is 2. The normalized spacial score (nSPS) is 12.9. The molecule has 0 saturated carbocycles. The Morgan fingerprint density at radius 2 is 1.95 bits per heavy atom. The molecule has 2 aromatic rings. The summed E-state index contributed by atoms with van der Waals surface area (Å²) in [6, 6.07) is 9.94. The quantitative estimate of drug-likeness (QED) is 0.631. The lowest BCUT2D eigenvalue weighted by Gasteiger charge is -2.07. The number of rotatable bonds is 1. The highest BCUT2D eigenvalue weighted by molar-refractivity contribution is 5.60. The summed E-state index contributed by atoms with van der Waals surface area (Å²) < 4.78 is 13.9. The summed E-state index contributed by atoms with van der Waals surface area (Å²) >= 11 is 0. The van der Waals surface area contributed by atoms with Gasteiger partial charge < -0.3 is 5.32 Å². The van der Waals surface area contributed by atoms with Gasteiger partial charge in [0.05, 0.1) is 4.92 Å². The van der Waals surface area contributed by atoms with Gasteiger partial charge in [0.1, 0.15) is 5.82 Å². The van der Waals surface area contributed by atoms with Crippen LogP contribution in [0.3, 0.4) is 0 Å². The van der Waals surface area contributed by atoms with Gasteiger partial charge in [0.25, 0.3) is 5.69 Å². The minimum Gasteiger partial charge on any atom is -0.381 e. The number of hydrogen-bond donors (Lipinski definition) is 1. The summed E-state index contributed by atoms with van der Waals surface area (Å²) in [6.07, 6.45) is 0.368. The molecule has 1 heterocycles. The lowest BCUT2D eigenvalue weighted by Crippen LogP contribution is -2.04. The van der Waals surface area contributed by atoms with Gasteiger partial charge in [0.2, 0.25) is 0 Å². The van der Waals surface area contributed by atoms with Gasteiger partial charge in [-0.05, 0) is 17.7 Å². The molecule has 0 amide bonds. The van der Waals surface area contributed by atoms with Crippen LogP contribution < -0.4 is 5.32 Å². The zero-order valence-electron chi connectivity index (χ0n) is 10.0. The van der Waals surface area contributed by atoms with Crippen molar-refractivity contribution in [1.82, 2.24) is 0 Å². The number of nitrogens with zero attached hydrogens (tertiary/aromatic N) is 1. The molecule has 3 rings (SSSR count). The number of anilines is 1. The van der Waals surface area contributed by atoms with Gasteiger partial charge >= 0.3 is 0 Å². The number of fused-ring (bicyclic) bond motifs is 2. The van der Waals surface area contributed by atoms with Crippen molar-refractivity contribution in [3.05, 3.63) is 69.0 Å². The van der Waals surface area contributed by atoms with E-state index in [1.807, 2.05) is 24.3 Å². The molecule has 0 unspecified atom stereocenters. The molecule has 0 radical (unpaired) electrons. The van der Waals surface area contributed by atoms with Crippen molar-refractivity contribution in [1.29, 1.82) is 0 Å². The van der Waals surface area contributed by atoms with Crippen LogP contribution in [-0.2, 0) is 13.0 Å². The molecule has 0 saturated heterocycles. The number of nitro benzene ring substituents is 1. The molecule has 0 fully saturated rings. The van der Waals surface area contributed by atoms with E-state index in [4.69, 9.17) is 0 Å². The third-order valence-corrected chi connectivity index (χ3v) is 3.39. The minimum absolute atomic E-state index is 0.0186. The van der Waals surface area contributed by atoms with Crippen LogP contribution in [0.2, 0.25) is 0 Å². The molecule has 1 N–H and O–H groups in total. The van der Waals surface area contributed by atoms with E-state index in [1.165, 1.54) is 6.07 Å². The molecule has 0 spiro atoms. The Balaban J connectivity index is 2.20. The van der Waals surface area contributed by atoms with Crippen LogP contribution >= 0.6 is 0 Å². The third kappa shape index (κ3) is 1.93. The van der Waals surface area contributed by atoms with Gasteiger partial charge in [-0.1, -0.05) is 18.2 Å². The molecule has 4 nitrogen and oxygen atoms in total. The van der Waals surface area contributed by atoms with Crippen LogP contribution in [0, 0.1) is 15.9 Å². The number of nitro groups is 1. The van der Waals surface area contributed by atoms with Crippen molar-refractivity contribution in [3.63, 3.8) is 0 Å². The standard InChI is InChI=1S/C14H11FN2O2/c15-12-5-6-14(17(18)19)10-7-9-3-1-2-4-13(9)16-8-11(10)12/h1-6,16H,7-8H2. The Hall–Kier alpha value is -2.43. The van der Waals surface area contributed by atoms with Gasteiger partial charge in [0.15, 0.2) is 0 Å². The fourth-order valence-electron chi connectivity index (χ4n) is 2.43. The maximum Gasteiger partial charge on any atom is 0.273 e. The smallest absolute Gasteiger partial charge is 0.273 e.